The maximum atomic E-state index is 14.7. The third-order valence-corrected chi connectivity index (χ3v) is 10.7. The van der Waals surface area contributed by atoms with Crippen molar-refractivity contribution in [3.8, 4) is 0 Å². The number of anilines is 1. The van der Waals surface area contributed by atoms with Crippen molar-refractivity contribution in [3.05, 3.63) is 130 Å². The van der Waals surface area contributed by atoms with E-state index in [4.69, 9.17) is 11.6 Å². The molecular weight excluding hydrogens is 630 g/mol. The summed E-state index contributed by atoms with van der Waals surface area (Å²) < 4.78 is 29.6. The van der Waals surface area contributed by atoms with Crippen LogP contribution in [0.15, 0.2) is 108 Å². The largest absolute Gasteiger partial charge is 0.352 e. The first kappa shape index (κ1) is 34.2. The molecule has 0 aliphatic heterocycles. The van der Waals surface area contributed by atoms with Crippen molar-refractivity contribution in [1.82, 2.24) is 10.2 Å². The number of hydrogen-bond donors (Lipinski definition) is 1. The molecule has 0 bridgehead atoms. The molecule has 4 aromatic carbocycles. The van der Waals surface area contributed by atoms with Crippen LogP contribution in [0, 0.1) is 13.8 Å². The molecule has 1 atom stereocenters. The fourth-order valence-corrected chi connectivity index (χ4v) is 7.85. The summed E-state index contributed by atoms with van der Waals surface area (Å²) in [7, 11) is -4.20. The Hall–Kier alpha value is -4.14. The van der Waals surface area contributed by atoms with Crippen LogP contribution in [0.5, 0.6) is 0 Å². The lowest BCUT2D eigenvalue weighted by atomic mass is 9.94. The summed E-state index contributed by atoms with van der Waals surface area (Å²) in [6, 6.07) is 29.6. The number of amides is 2. The molecule has 0 saturated heterocycles. The quantitative estimate of drug-likeness (QED) is 0.172. The van der Waals surface area contributed by atoms with Crippen LogP contribution >= 0.6 is 11.6 Å². The lowest BCUT2D eigenvalue weighted by Crippen LogP contribution is -2.55. The summed E-state index contributed by atoms with van der Waals surface area (Å²) in [5.74, 6) is -0.733. The van der Waals surface area contributed by atoms with Gasteiger partial charge in [0.2, 0.25) is 11.8 Å². The van der Waals surface area contributed by atoms with Crippen molar-refractivity contribution >= 4 is 39.1 Å². The zero-order chi connectivity index (χ0) is 33.4. The molecule has 47 heavy (non-hydrogen) atoms. The van der Waals surface area contributed by atoms with Gasteiger partial charge in [-0.15, -0.1) is 0 Å². The van der Waals surface area contributed by atoms with Gasteiger partial charge in [-0.25, -0.2) is 8.42 Å². The number of benzene rings is 4. The smallest absolute Gasteiger partial charge is 0.264 e. The molecule has 0 spiro atoms. The van der Waals surface area contributed by atoms with Gasteiger partial charge in [0.25, 0.3) is 10.0 Å². The second kappa shape index (κ2) is 15.6. The van der Waals surface area contributed by atoms with Crippen molar-refractivity contribution in [2.24, 2.45) is 0 Å². The minimum Gasteiger partial charge on any atom is -0.352 e. The van der Waals surface area contributed by atoms with Crippen LogP contribution in [0.25, 0.3) is 0 Å². The fraction of sp³-hybridized carbons (Fsp3) is 0.316. The Morgan fingerprint density at radius 2 is 1.49 bits per heavy atom. The average molecular weight is 672 g/mol. The number of carbonyl (C=O) groups excluding carboxylic acids is 2. The molecule has 7 nitrogen and oxygen atoms in total. The lowest BCUT2D eigenvalue weighted by Gasteiger charge is -2.35. The summed E-state index contributed by atoms with van der Waals surface area (Å²) in [6.07, 6.45) is 5.31. The van der Waals surface area contributed by atoms with E-state index in [1.165, 1.54) is 12.1 Å². The van der Waals surface area contributed by atoms with Gasteiger partial charge in [0, 0.05) is 24.0 Å². The Morgan fingerprint density at radius 1 is 0.830 bits per heavy atom. The van der Waals surface area contributed by atoms with Crippen LogP contribution in [0.2, 0.25) is 5.02 Å². The van der Waals surface area contributed by atoms with E-state index >= 15 is 0 Å². The Kier molecular flexibility index (Phi) is 11.4. The fourth-order valence-electron chi connectivity index (χ4n) is 6.19. The SMILES string of the molecule is Cc1cccc(CN(C(=O)CN(c2cc(Cl)ccc2C)S(=O)(=O)c2ccccc2)C(Cc2ccccc2)C(=O)NC2CCCCC2)c1. The van der Waals surface area contributed by atoms with Crippen LogP contribution in [-0.2, 0) is 32.6 Å². The molecule has 1 unspecified atom stereocenters. The monoisotopic (exact) mass is 671 g/mol. The van der Waals surface area contributed by atoms with Crippen LogP contribution in [0.1, 0.15) is 54.4 Å². The number of hydrogen-bond acceptors (Lipinski definition) is 4. The van der Waals surface area contributed by atoms with Crippen molar-refractivity contribution in [1.29, 1.82) is 0 Å². The summed E-state index contributed by atoms with van der Waals surface area (Å²) in [5, 5.41) is 3.59. The van der Waals surface area contributed by atoms with E-state index in [0.717, 1.165) is 53.1 Å². The zero-order valence-corrected chi connectivity index (χ0v) is 28.5. The van der Waals surface area contributed by atoms with Gasteiger partial charge >= 0.3 is 0 Å². The molecule has 5 rings (SSSR count). The number of rotatable bonds is 12. The molecular formula is C38H42ClN3O4S. The van der Waals surface area contributed by atoms with E-state index in [2.05, 4.69) is 5.32 Å². The normalized spacial score (nSPS) is 14.3. The number of nitrogens with one attached hydrogen (secondary N) is 1. The Bertz CT molecular complexity index is 1780. The van der Waals surface area contributed by atoms with Gasteiger partial charge in [-0.3, -0.25) is 13.9 Å². The number of aryl methyl sites for hydroxylation is 2. The van der Waals surface area contributed by atoms with E-state index < -0.39 is 28.5 Å². The van der Waals surface area contributed by atoms with Gasteiger partial charge in [-0.05, 0) is 67.6 Å². The Labute approximate surface area is 283 Å². The summed E-state index contributed by atoms with van der Waals surface area (Å²) >= 11 is 6.38. The highest BCUT2D eigenvalue weighted by molar-refractivity contribution is 7.92. The molecule has 0 aromatic heterocycles. The van der Waals surface area contributed by atoms with E-state index in [0.29, 0.717) is 16.3 Å². The predicted molar refractivity (Wildman–Crippen MR) is 188 cm³/mol. The third-order valence-electron chi connectivity index (χ3n) is 8.71. The van der Waals surface area contributed by atoms with E-state index in [1.54, 1.807) is 48.2 Å². The van der Waals surface area contributed by atoms with Gasteiger partial charge in [-0.1, -0.05) is 115 Å². The summed E-state index contributed by atoms with van der Waals surface area (Å²) in [4.78, 5) is 30.6. The van der Waals surface area contributed by atoms with Crippen LogP contribution in [0.4, 0.5) is 5.69 Å². The van der Waals surface area contributed by atoms with Crippen molar-refractivity contribution in [3.63, 3.8) is 0 Å². The second-order valence-electron chi connectivity index (χ2n) is 12.3. The van der Waals surface area contributed by atoms with Crippen molar-refractivity contribution in [2.75, 3.05) is 10.8 Å². The maximum Gasteiger partial charge on any atom is 0.264 e. The highest BCUT2D eigenvalue weighted by Crippen LogP contribution is 2.30. The third kappa shape index (κ3) is 8.82. The molecule has 1 aliphatic rings. The Morgan fingerprint density at radius 3 is 2.17 bits per heavy atom. The summed E-state index contributed by atoms with van der Waals surface area (Å²) in [6.45, 7) is 3.36. The van der Waals surface area contributed by atoms with Gasteiger partial charge < -0.3 is 10.2 Å². The highest BCUT2D eigenvalue weighted by Gasteiger charge is 2.36. The molecule has 1 saturated carbocycles. The highest BCUT2D eigenvalue weighted by atomic mass is 35.5. The minimum atomic E-state index is -4.20. The zero-order valence-electron chi connectivity index (χ0n) is 26.9. The molecule has 2 amide bonds. The number of carbonyl (C=O) groups is 2. The molecule has 1 N–H and O–H groups in total. The predicted octanol–water partition coefficient (Wildman–Crippen LogP) is 7.24. The van der Waals surface area contributed by atoms with Crippen LogP contribution < -0.4 is 9.62 Å². The number of nitrogens with zero attached hydrogens (tertiary/aromatic N) is 2. The van der Waals surface area contributed by atoms with Gasteiger partial charge in [0.15, 0.2) is 0 Å². The average Bonchev–Trinajstić information content (AvgIpc) is 3.07. The second-order valence-corrected chi connectivity index (χ2v) is 14.6. The number of sulfonamides is 1. The molecule has 1 fully saturated rings. The Balaban J connectivity index is 1.58. The molecule has 246 valence electrons. The van der Waals surface area contributed by atoms with E-state index in [-0.39, 0.29) is 29.8 Å². The first-order valence-electron chi connectivity index (χ1n) is 16.1. The van der Waals surface area contributed by atoms with Crippen molar-refractivity contribution in [2.45, 2.75) is 75.9 Å². The first-order chi connectivity index (χ1) is 22.6. The van der Waals surface area contributed by atoms with Gasteiger partial charge in [-0.2, -0.15) is 0 Å². The molecule has 0 radical (unpaired) electrons. The maximum absolute atomic E-state index is 14.7. The summed E-state index contributed by atoms with van der Waals surface area (Å²) in [5.41, 5.74) is 3.71. The van der Waals surface area contributed by atoms with Crippen molar-refractivity contribution < 1.29 is 18.0 Å². The van der Waals surface area contributed by atoms with Gasteiger partial charge in [0.1, 0.15) is 12.6 Å². The van der Waals surface area contributed by atoms with Gasteiger partial charge in [0.05, 0.1) is 10.6 Å². The van der Waals surface area contributed by atoms with E-state index in [1.807, 2.05) is 61.5 Å². The lowest BCUT2D eigenvalue weighted by molar-refractivity contribution is -0.140. The minimum absolute atomic E-state index is 0.0366. The molecule has 9 heteroatoms. The standard InChI is InChI=1S/C38H42ClN3O4S/c1-28-13-12-16-31(23-28)26-41(36(24-30-14-6-3-7-15-30)38(44)40-33-17-8-4-9-18-33)37(43)27-42(35-25-32(39)22-21-29(35)2)47(45,46)34-19-10-5-11-20-34/h3,5-7,10-16,19-23,25,33,36H,4,8-9,17-18,24,26-27H2,1-2H3,(H,40,44). The van der Waals surface area contributed by atoms with E-state index in [9.17, 15) is 18.0 Å². The first-order valence-corrected chi connectivity index (χ1v) is 18.0. The topological polar surface area (TPSA) is 86.8 Å². The molecule has 4 aromatic rings. The van der Waals surface area contributed by atoms with Crippen LogP contribution in [0.3, 0.4) is 0 Å². The molecule has 1 aliphatic carbocycles. The number of halogens is 1. The molecule has 0 heterocycles. The van der Waals surface area contributed by atoms with Crippen LogP contribution in [-0.4, -0.2) is 43.8 Å².